The molecule has 0 aliphatic heterocycles. The van der Waals surface area contributed by atoms with E-state index >= 15 is 0 Å². The van der Waals surface area contributed by atoms with Crippen LogP contribution in [0.2, 0.25) is 0 Å². The lowest BCUT2D eigenvalue weighted by Crippen LogP contribution is -2.38. The van der Waals surface area contributed by atoms with Gasteiger partial charge in [-0.05, 0) is 18.6 Å². The molecule has 7 heteroatoms. The maximum atomic E-state index is 11.9. The smallest absolute Gasteiger partial charge is 0.272 e. The predicted octanol–water partition coefficient (Wildman–Crippen LogP) is 0.307. The van der Waals surface area contributed by atoms with Gasteiger partial charge in [-0.15, -0.1) is 10.2 Å². The van der Waals surface area contributed by atoms with E-state index in [4.69, 9.17) is 10.6 Å². The van der Waals surface area contributed by atoms with Crippen molar-refractivity contribution in [3.63, 3.8) is 0 Å². The lowest BCUT2D eigenvalue weighted by Gasteiger charge is -2.16. The van der Waals surface area contributed by atoms with Gasteiger partial charge in [0.2, 0.25) is 0 Å². The van der Waals surface area contributed by atoms with Gasteiger partial charge in [-0.1, -0.05) is 13.3 Å². The van der Waals surface area contributed by atoms with Crippen molar-refractivity contribution in [1.82, 2.24) is 15.5 Å². The quantitative estimate of drug-likeness (QED) is 0.477. The molecule has 1 unspecified atom stereocenters. The van der Waals surface area contributed by atoms with Crippen molar-refractivity contribution in [2.75, 3.05) is 19.1 Å². The second-order valence-electron chi connectivity index (χ2n) is 3.86. The van der Waals surface area contributed by atoms with E-state index in [-0.39, 0.29) is 17.6 Å². The van der Waals surface area contributed by atoms with Crippen molar-refractivity contribution in [3.8, 4) is 0 Å². The Labute approximate surface area is 106 Å². The number of carbonyl (C=O) groups is 1. The fraction of sp³-hybridized carbons (Fsp3) is 0.545. The largest absolute Gasteiger partial charge is 0.383 e. The molecule has 0 spiro atoms. The van der Waals surface area contributed by atoms with E-state index in [9.17, 15) is 4.79 Å². The van der Waals surface area contributed by atoms with Crippen LogP contribution in [-0.2, 0) is 4.74 Å². The third-order valence-electron chi connectivity index (χ3n) is 2.39. The van der Waals surface area contributed by atoms with Gasteiger partial charge < -0.3 is 15.5 Å². The van der Waals surface area contributed by atoms with Gasteiger partial charge in [0.25, 0.3) is 5.91 Å². The molecular weight excluding hydrogens is 234 g/mol. The number of hydrazine groups is 1. The van der Waals surface area contributed by atoms with Crippen molar-refractivity contribution in [1.29, 1.82) is 0 Å². The fourth-order valence-corrected chi connectivity index (χ4v) is 1.54. The van der Waals surface area contributed by atoms with Crippen molar-refractivity contribution < 1.29 is 9.53 Å². The Balaban J connectivity index is 2.61. The summed E-state index contributed by atoms with van der Waals surface area (Å²) < 4.78 is 5.05. The topological polar surface area (TPSA) is 102 Å². The molecule has 7 nitrogen and oxygen atoms in total. The van der Waals surface area contributed by atoms with Crippen molar-refractivity contribution >= 4 is 11.7 Å². The van der Waals surface area contributed by atoms with Crippen molar-refractivity contribution in [3.05, 3.63) is 17.8 Å². The average Bonchev–Trinajstić information content (AvgIpc) is 2.39. The number of aromatic nitrogens is 2. The SMILES string of the molecule is CCCC(COC)NC(=O)c1ccc(NN)nn1. The Kier molecular flexibility index (Phi) is 6.03. The Bertz CT molecular complexity index is 362. The molecule has 1 rings (SSSR count). The van der Waals surface area contributed by atoms with Gasteiger partial charge in [-0.3, -0.25) is 4.79 Å². The second kappa shape index (κ2) is 7.57. The van der Waals surface area contributed by atoms with Crippen LogP contribution >= 0.6 is 0 Å². The molecule has 1 aromatic heterocycles. The summed E-state index contributed by atoms with van der Waals surface area (Å²) in [4.78, 5) is 11.9. The third kappa shape index (κ3) is 4.27. The van der Waals surface area contributed by atoms with Crippen LogP contribution in [0, 0.1) is 0 Å². The number of nitrogens with two attached hydrogens (primary N) is 1. The van der Waals surface area contributed by atoms with E-state index in [1.165, 1.54) is 0 Å². The highest BCUT2D eigenvalue weighted by Gasteiger charge is 2.14. The monoisotopic (exact) mass is 253 g/mol. The molecule has 1 heterocycles. The summed E-state index contributed by atoms with van der Waals surface area (Å²) in [6.45, 7) is 2.53. The zero-order valence-electron chi connectivity index (χ0n) is 10.6. The van der Waals surface area contributed by atoms with Gasteiger partial charge in [-0.25, -0.2) is 5.84 Å². The van der Waals surface area contributed by atoms with E-state index in [0.717, 1.165) is 12.8 Å². The van der Waals surface area contributed by atoms with Crippen LogP contribution < -0.4 is 16.6 Å². The van der Waals surface area contributed by atoms with Crippen molar-refractivity contribution in [2.24, 2.45) is 5.84 Å². The minimum absolute atomic E-state index is 0.0124. The van der Waals surface area contributed by atoms with E-state index in [2.05, 4.69) is 27.9 Å². The summed E-state index contributed by atoms with van der Waals surface area (Å²) in [6.07, 6.45) is 1.82. The van der Waals surface area contributed by atoms with Gasteiger partial charge in [0.05, 0.1) is 12.6 Å². The number of nitrogens with one attached hydrogen (secondary N) is 2. The van der Waals surface area contributed by atoms with Crippen LogP contribution in [0.3, 0.4) is 0 Å². The normalized spacial score (nSPS) is 11.9. The molecule has 1 atom stereocenters. The summed E-state index contributed by atoms with van der Waals surface area (Å²) in [5.41, 5.74) is 2.60. The molecule has 1 aromatic rings. The number of hydrogen-bond donors (Lipinski definition) is 3. The first-order chi connectivity index (χ1) is 8.71. The molecule has 0 fully saturated rings. The molecule has 18 heavy (non-hydrogen) atoms. The number of carbonyl (C=O) groups excluding carboxylic acids is 1. The van der Waals surface area contributed by atoms with Crippen LogP contribution in [0.15, 0.2) is 12.1 Å². The number of hydrogen-bond acceptors (Lipinski definition) is 6. The zero-order valence-corrected chi connectivity index (χ0v) is 10.6. The first kappa shape index (κ1) is 14.3. The minimum atomic E-state index is -0.262. The lowest BCUT2D eigenvalue weighted by atomic mass is 10.2. The Hall–Kier alpha value is -1.73. The first-order valence-electron chi connectivity index (χ1n) is 5.81. The highest BCUT2D eigenvalue weighted by molar-refractivity contribution is 5.92. The first-order valence-corrected chi connectivity index (χ1v) is 5.81. The number of amides is 1. The molecular formula is C11H19N5O2. The summed E-state index contributed by atoms with van der Waals surface area (Å²) in [5, 5.41) is 10.4. The standard InChI is InChI=1S/C11H19N5O2/c1-3-4-8(7-18-2)13-11(17)9-5-6-10(14-12)16-15-9/h5-6,8H,3-4,7,12H2,1-2H3,(H,13,17)(H,14,16). The lowest BCUT2D eigenvalue weighted by molar-refractivity contribution is 0.0885. The molecule has 0 radical (unpaired) electrons. The second-order valence-corrected chi connectivity index (χ2v) is 3.86. The number of anilines is 1. The highest BCUT2D eigenvalue weighted by atomic mass is 16.5. The molecule has 0 saturated carbocycles. The molecule has 0 bridgehead atoms. The number of rotatable bonds is 7. The fourth-order valence-electron chi connectivity index (χ4n) is 1.54. The number of methoxy groups -OCH3 is 1. The Morgan fingerprint density at radius 1 is 1.50 bits per heavy atom. The molecule has 0 saturated heterocycles. The Morgan fingerprint density at radius 3 is 2.78 bits per heavy atom. The molecule has 0 aliphatic rings. The van der Waals surface area contributed by atoms with E-state index in [1.807, 2.05) is 0 Å². The number of nitrogen functional groups attached to an aromatic ring is 1. The average molecular weight is 253 g/mol. The molecule has 4 N–H and O–H groups in total. The van der Waals surface area contributed by atoms with Crippen LogP contribution in [0.25, 0.3) is 0 Å². The van der Waals surface area contributed by atoms with Crippen molar-refractivity contribution in [2.45, 2.75) is 25.8 Å². The van der Waals surface area contributed by atoms with Gasteiger partial charge in [0.1, 0.15) is 0 Å². The molecule has 0 aromatic carbocycles. The number of nitrogens with zero attached hydrogens (tertiary/aromatic N) is 2. The zero-order chi connectivity index (χ0) is 13.4. The highest BCUT2D eigenvalue weighted by Crippen LogP contribution is 2.02. The van der Waals surface area contributed by atoms with E-state index < -0.39 is 0 Å². The van der Waals surface area contributed by atoms with Gasteiger partial charge in [-0.2, -0.15) is 0 Å². The molecule has 1 amide bonds. The number of ether oxygens (including phenoxy) is 1. The minimum Gasteiger partial charge on any atom is -0.383 e. The predicted molar refractivity (Wildman–Crippen MR) is 67.9 cm³/mol. The van der Waals surface area contributed by atoms with E-state index in [0.29, 0.717) is 12.4 Å². The third-order valence-corrected chi connectivity index (χ3v) is 2.39. The maximum absolute atomic E-state index is 11.9. The van der Waals surface area contributed by atoms with E-state index in [1.54, 1.807) is 19.2 Å². The molecule has 0 aliphatic carbocycles. The van der Waals surface area contributed by atoms with Crippen LogP contribution in [-0.4, -0.2) is 35.9 Å². The van der Waals surface area contributed by atoms with Crippen LogP contribution in [0.4, 0.5) is 5.82 Å². The molecule has 100 valence electrons. The van der Waals surface area contributed by atoms with Crippen LogP contribution in [0.5, 0.6) is 0 Å². The van der Waals surface area contributed by atoms with Gasteiger partial charge >= 0.3 is 0 Å². The maximum Gasteiger partial charge on any atom is 0.272 e. The summed E-state index contributed by atoms with van der Waals surface area (Å²) in [5.74, 6) is 5.31. The summed E-state index contributed by atoms with van der Waals surface area (Å²) in [7, 11) is 1.61. The van der Waals surface area contributed by atoms with Crippen LogP contribution in [0.1, 0.15) is 30.3 Å². The Morgan fingerprint density at radius 2 is 2.28 bits per heavy atom. The summed E-state index contributed by atoms with van der Waals surface area (Å²) in [6, 6.07) is 3.14. The van der Waals surface area contributed by atoms with Gasteiger partial charge in [0, 0.05) is 7.11 Å². The van der Waals surface area contributed by atoms with Gasteiger partial charge in [0.15, 0.2) is 11.5 Å². The summed E-state index contributed by atoms with van der Waals surface area (Å²) >= 11 is 0.